The van der Waals surface area contributed by atoms with E-state index < -0.39 is 16.0 Å². The number of benzene rings is 1. The molecule has 21 heavy (non-hydrogen) atoms. The van der Waals surface area contributed by atoms with Crippen LogP contribution in [-0.2, 0) is 10.0 Å². The highest BCUT2D eigenvalue weighted by Crippen LogP contribution is 2.49. The summed E-state index contributed by atoms with van der Waals surface area (Å²) in [5.74, 6) is -1.17. The van der Waals surface area contributed by atoms with Gasteiger partial charge in [-0.3, -0.25) is 0 Å². The molecular weight excluding hydrogens is 314 g/mol. The van der Waals surface area contributed by atoms with E-state index in [0.717, 1.165) is 31.7 Å². The predicted octanol–water partition coefficient (Wildman–Crippen LogP) is 2.60. The zero-order chi connectivity index (χ0) is 15.3. The normalized spacial score (nSPS) is 21.4. The van der Waals surface area contributed by atoms with Crippen LogP contribution in [0.4, 0.5) is 0 Å². The second-order valence-corrected chi connectivity index (χ2v) is 8.21. The van der Waals surface area contributed by atoms with E-state index in [2.05, 4.69) is 0 Å². The van der Waals surface area contributed by atoms with Gasteiger partial charge in [-0.2, -0.15) is 4.31 Å². The fraction of sp³-hybridized carbons (Fsp3) is 0.500. The molecule has 0 unspecified atom stereocenters. The summed E-state index contributed by atoms with van der Waals surface area (Å²) < 4.78 is 26.9. The largest absolute Gasteiger partial charge is 0.478 e. The number of nitrogens with zero attached hydrogens (tertiary/aromatic N) is 1. The molecule has 1 aliphatic carbocycles. The highest BCUT2D eigenvalue weighted by molar-refractivity contribution is 7.89. The Morgan fingerprint density at radius 2 is 2.00 bits per heavy atom. The Bertz CT molecular complexity index is 697. The summed E-state index contributed by atoms with van der Waals surface area (Å²) in [6.45, 7) is 0.999. The lowest BCUT2D eigenvalue weighted by Crippen LogP contribution is -2.36. The summed E-state index contributed by atoms with van der Waals surface area (Å²) in [7, 11) is -3.73. The zero-order valence-electron chi connectivity index (χ0n) is 11.4. The van der Waals surface area contributed by atoms with Crippen molar-refractivity contribution in [3.05, 3.63) is 28.8 Å². The molecule has 1 N–H and O–H groups in total. The first-order valence-electron chi connectivity index (χ1n) is 6.87. The minimum absolute atomic E-state index is 0.0644. The highest BCUT2D eigenvalue weighted by atomic mass is 35.5. The summed E-state index contributed by atoms with van der Waals surface area (Å²) in [5.41, 5.74) is 0.0692. The van der Waals surface area contributed by atoms with Crippen molar-refractivity contribution in [2.24, 2.45) is 5.41 Å². The Labute approximate surface area is 128 Å². The Hall–Kier alpha value is -1.11. The van der Waals surface area contributed by atoms with Gasteiger partial charge in [-0.05, 0) is 42.9 Å². The van der Waals surface area contributed by atoms with Crippen LogP contribution in [0.5, 0.6) is 0 Å². The minimum Gasteiger partial charge on any atom is -0.478 e. The second kappa shape index (κ2) is 4.97. The summed E-state index contributed by atoms with van der Waals surface area (Å²) in [6, 6.07) is 3.78. The molecule has 0 aromatic heterocycles. The van der Waals surface area contributed by atoms with Crippen molar-refractivity contribution in [2.75, 3.05) is 13.1 Å². The Kier molecular flexibility index (Phi) is 3.50. The number of halogens is 1. The summed E-state index contributed by atoms with van der Waals surface area (Å²) in [4.78, 5) is 10.9. The van der Waals surface area contributed by atoms with Gasteiger partial charge in [-0.1, -0.05) is 18.0 Å². The van der Waals surface area contributed by atoms with Crippen LogP contribution >= 0.6 is 11.6 Å². The topological polar surface area (TPSA) is 74.7 Å². The van der Waals surface area contributed by atoms with Gasteiger partial charge in [0.05, 0.1) is 10.6 Å². The molecule has 3 rings (SSSR count). The first kappa shape index (κ1) is 14.8. The SMILES string of the molecule is O=C(O)c1ccc(Cl)c(S(=O)(=O)N2CCC3(CCC3)C2)c1. The van der Waals surface area contributed by atoms with Crippen molar-refractivity contribution < 1.29 is 18.3 Å². The second-order valence-electron chi connectivity index (χ2n) is 5.89. The van der Waals surface area contributed by atoms with E-state index in [9.17, 15) is 13.2 Å². The van der Waals surface area contributed by atoms with Crippen LogP contribution < -0.4 is 0 Å². The van der Waals surface area contributed by atoms with Crippen LogP contribution in [-0.4, -0.2) is 36.9 Å². The van der Waals surface area contributed by atoms with Gasteiger partial charge in [-0.25, -0.2) is 13.2 Å². The lowest BCUT2D eigenvalue weighted by atomic mass is 9.68. The number of hydrogen-bond donors (Lipinski definition) is 1. The van der Waals surface area contributed by atoms with Gasteiger partial charge in [0, 0.05) is 13.1 Å². The summed E-state index contributed by atoms with van der Waals surface area (Å²) >= 11 is 5.98. The molecule has 114 valence electrons. The molecule has 0 radical (unpaired) electrons. The molecule has 1 aliphatic heterocycles. The first-order valence-corrected chi connectivity index (χ1v) is 8.69. The average molecular weight is 330 g/mol. The third-order valence-electron chi connectivity index (χ3n) is 4.61. The van der Waals surface area contributed by atoms with Gasteiger partial charge in [0.2, 0.25) is 10.0 Å². The molecule has 1 heterocycles. The van der Waals surface area contributed by atoms with Gasteiger partial charge in [0.15, 0.2) is 0 Å². The van der Waals surface area contributed by atoms with Crippen LogP contribution in [0.1, 0.15) is 36.0 Å². The van der Waals surface area contributed by atoms with Crippen molar-refractivity contribution in [1.29, 1.82) is 0 Å². The van der Waals surface area contributed by atoms with Crippen molar-refractivity contribution in [3.8, 4) is 0 Å². The lowest BCUT2D eigenvalue weighted by Gasteiger charge is -2.38. The van der Waals surface area contributed by atoms with Gasteiger partial charge in [0.25, 0.3) is 0 Å². The quantitative estimate of drug-likeness (QED) is 0.925. The molecule has 0 bridgehead atoms. The van der Waals surface area contributed by atoms with Crippen LogP contribution in [0.3, 0.4) is 0 Å². The Morgan fingerprint density at radius 1 is 1.29 bits per heavy atom. The molecule has 1 aromatic rings. The van der Waals surface area contributed by atoms with E-state index in [-0.39, 0.29) is 20.9 Å². The number of sulfonamides is 1. The van der Waals surface area contributed by atoms with Gasteiger partial charge < -0.3 is 5.11 Å². The molecule has 1 saturated heterocycles. The van der Waals surface area contributed by atoms with Crippen LogP contribution in [0, 0.1) is 5.41 Å². The molecular formula is C14H16ClNO4S. The van der Waals surface area contributed by atoms with E-state index >= 15 is 0 Å². The fourth-order valence-electron chi connectivity index (χ4n) is 3.16. The number of rotatable bonds is 3. The number of carboxylic acid groups (broad SMARTS) is 1. The molecule has 5 nitrogen and oxygen atoms in total. The fourth-order valence-corrected chi connectivity index (χ4v) is 5.21. The van der Waals surface area contributed by atoms with Gasteiger partial charge >= 0.3 is 5.97 Å². The molecule has 1 aromatic carbocycles. The summed E-state index contributed by atoms with van der Waals surface area (Å²) in [6.07, 6.45) is 4.18. The number of carbonyl (C=O) groups is 1. The maximum absolute atomic E-state index is 12.7. The van der Waals surface area contributed by atoms with Crippen LogP contribution in [0.25, 0.3) is 0 Å². The predicted molar refractivity (Wildman–Crippen MR) is 78.1 cm³/mol. The van der Waals surface area contributed by atoms with Crippen molar-refractivity contribution in [2.45, 2.75) is 30.6 Å². The molecule has 0 amide bonds. The van der Waals surface area contributed by atoms with Gasteiger partial charge in [-0.15, -0.1) is 0 Å². The molecule has 0 atom stereocenters. The highest BCUT2D eigenvalue weighted by Gasteiger charge is 2.46. The van der Waals surface area contributed by atoms with Crippen molar-refractivity contribution in [3.63, 3.8) is 0 Å². The molecule has 2 fully saturated rings. The number of carboxylic acids is 1. The number of hydrogen-bond acceptors (Lipinski definition) is 3. The van der Waals surface area contributed by atoms with Crippen LogP contribution in [0.15, 0.2) is 23.1 Å². The standard InChI is InChI=1S/C14H16ClNO4S/c15-11-3-2-10(13(17)18)8-12(11)21(19,20)16-7-6-14(9-16)4-1-5-14/h2-3,8H,1,4-7,9H2,(H,17,18). The maximum Gasteiger partial charge on any atom is 0.335 e. The van der Waals surface area contributed by atoms with Crippen molar-refractivity contribution >= 4 is 27.6 Å². The molecule has 7 heteroatoms. The lowest BCUT2D eigenvalue weighted by molar-refractivity contribution is 0.0696. The van der Waals surface area contributed by atoms with E-state index in [1.54, 1.807) is 0 Å². The minimum atomic E-state index is -3.73. The van der Waals surface area contributed by atoms with Crippen LogP contribution in [0.2, 0.25) is 5.02 Å². The summed E-state index contributed by atoms with van der Waals surface area (Å²) in [5, 5.41) is 9.07. The maximum atomic E-state index is 12.7. The number of aromatic carboxylic acids is 1. The third kappa shape index (κ3) is 2.45. The molecule has 1 saturated carbocycles. The average Bonchev–Trinajstić information content (AvgIpc) is 2.84. The monoisotopic (exact) mass is 329 g/mol. The Balaban J connectivity index is 1.95. The van der Waals surface area contributed by atoms with E-state index in [1.165, 1.54) is 16.4 Å². The van der Waals surface area contributed by atoms with Gasteiger partial charge in [0.1, 0.15) is 4.90 Å². The van der Waals surface area contributed by atoms with Crippen molar-refractivity contribution in [1.82, 2.24) is 4.31 Å². The smallest absolute Gasteiger partial charge is 0.335 e. The third-order valence-corrected chi connectivity index (χ3v) is 6.94. The van der Waals surface area contributed by atoms with E-state index in [4.69, 9.17) is 16.7 Å². The molecule has 1 spiro atoms. The van der Waals surface area contributed by atoms with E-state index in [1.807, 2.05) is 0 Å². The zero-order valence-corrected chi connectivity index (χ0v) is 13.0. The van der Waals surface area contributed by atoms with E-state index in [0.29, 0.717) is 13.1 Å². The molecule has 2 aliphatic rings. The Morgan fingerprint density at radius 3 is 2.52 bits per heavy atom. The first-order chi connectivity index (χ1) is 9.84.